The minimum Gasteiger partial charge on any atom is -0.496 e. The molecule has 0 saturated carbocycles. The summed E-state index contributed by atoms with van der Waals surface area (Å²) in [6.07, 6.45) is 4.97. The van der Waals surface area contributed by atoms with Gasteiger partial charge in [0.1, 0.15) is 11.4 Å². The number of carbonyl (C=O) groups excluding carboxylic acids is 4. The fourth-order valence-corrected chi connectivity index (χ4v) is 7.36. The number of piperidine rings is 1. The minimum absolute atomic E-state index is 0. The van der Waals surface area contributed by atoms with E-state index in [4.69, 9.17) is 9.47 Å². The molecule has 5 rings (SSSR count). The zero-order valence-corrected chi connectivity index (χ0v) is 31.3. The molecule has 2 aliphatic rings. The Kier molecular flexibility index (Phi) is 13.7. The summed E-state index contributed by atoms with van der Waals surface area (Å²) in [5.41, 5.74) is 1.75. The first-order chi connectivity index (χ1) is 24.0. The highest BCUT2D eigenvalue weighted by molar-refractivity contribution is 7.59. The summed E-state index contributed by atoms with van der Waals surface area (Å²) in [6.45, 7) is 7.18. The van der Waals surface area contributed by atoms with E-state index < -0.39 is 11.0 Å². The van der Waals surface area contributed by atoms with Crippen molar-refractivity contribution in [2.75, 3.05) is 26.7 Å². The van der Waals surface area contributed by atoms with Crippen molar-refractivity contribution in [1.82, 2.24) is 15.5 Å². The van der Waals surface area contributed by atoms with Crippen LogP contribution in [0.5, 0.6) is 5.75 Å². The van der Waals surface area contributed by atoms with Gasteiger partial charge in [0.25, 0.3) is 5.91 Å². The Hall–Kier alpha value is -4.31. The monoisotopic (exact) mass is 715 g/mol. The fraction of sp³-hybridized carbons (Fsp3) is 0.463. The summed E-state index contributed by atoms with van der Waals surface area (Å²) in [4.78, 5) is 55.4. The molecule has 3 aromatic carbocycles. The summed E-state index contributed by atoms with van der Waals surface area (Å²) < 4.78 is 10.8. The SMILES string of the molecule is COc1ccccc1C(=O)NC1CCN(C(=O)[C@H]2CC[C@@](C(=O)NCCCCCC(=O)OC(C)(C)C)(c3ccccc3)c3ccccc32)CC1.S. The Balaban J connectivity index is 0.00000583. The Morgan fingerprint density at radius 1 is 0.843 bits per heavy atom. The largest absolute Gasteiger partial charge is 0.496 e. The van der Waals surface area contributed by atoms with E-state index in [0.717, 1.165) is 29.5 Å². The van der Waals surface area contributed by atoms with E-state index in [9.17, 15) is 19.2 Å². The third-order valence-corrected chi connectivity index (χ3v) is 9.81. The zero-order valence-electron chi connectivity index (χ0n) is 30.3. The quantitative estimate of drug-likeness (QED) is 0.166. The highest BCUT2D eigenvalue weighted by atomic mass is 32.1. The normalized spacial score (nSPS) is 18.8. The molecule has 10 heteroatoms. The number of carbonyl (C=O) groups is 4. The minimum atomic E-state index is -0.930. The predicted octanol–water partition coefficient (Wildman–Crippen LogP) is 6.41. The molecule has 2 atom stereocenters. The van der Waals surface area contributed by atoms with Crippen LogP contribution in [0.3, 0.4) is 0 Å². The molecule has 0 radical (unpaired) electrons. The molecule has 0 spiro atoms. The van der Waals surface area contributed by atoms with Gasteiger partial charge in [-0.05, 0) is 88.1 Å². The van der Waals surface area contributed by atoms with E-state index in [0.29, 0.717) is 69.5 Å². The number of para-hydroxylation sites is 1. The highest BCUT2D eigenvalue weighted by Crippen LogP contribution is 2.48. The van der Waals surface area contributed by atoms with E-state index in [1.165, 1.54) is 0 Å². The molecule has 1 aliphatic carbocycles. The van der Waals surface area contributed by atoms with Gasteiger partial charge in [0.15, 0.2) is 0 Å². The number of hydrogen-bond acceptors (Lipinski definition) is 6. The maximum absolute atomic E-state index is 14.3. The molecule has 274 valence electrons. The van der Waals surface area contributed by atoms with Gasteiger partial charge < -0.3 is 25.0 Å². The first-order valence-corrected chi connectivity index (χ1v) is 17.9. The van der Waals surface area contributed by atoms with Crippen molar-refractivity contribution in [2.24, 2.45) is 0 Å². The van der Waals surface area contributed by atoms with Gasteiger partial charge >= 0.3 is 5.97 Å². The van der Waals surface area contributed by atoms with Gasteiger partial charge in [0.2, 0.25) is 11.8 Å². The van der Waals surface area contributed by atoms with Crippen LogP contribution in [0.1, 0.15) is 105 Å². The molecule has 3 amide bonds. The molecule has 9 nitrogen and oxygen atoms in total. The third-order valence-electron chi connectivity index (χ3n) is 9.81. The van der Waals surface area contributed by atoms with Crippen LogP contribution in [-0.4, -0.2) is 67.0 Å². The van der Waals surface area contributed by atoms with Crippen molar-refractivity contribution in [1.29, 1.82) is 0 Å². The van der Waals surface area contributed by atoms with E-state index in [1.54, 1.807) is 19.2 Å². The van der Waals surface area contributed by atoms with Gasteiger partial charge in [-0.15, -0.1) is 0 Å². The first kappa shape index (κ1) is 39.5. The smallest absolute Gasteiger partial charge is 0.306 e. The highest BCUT2D eigenvalue weighted by Gasteiger charge is 2.48. The van der Waals surface area contributed by atoms with Gasteiger partial charge in [-0.25, -0.2) is 0 Å². The molecular weight excluding hydrogens is 663 g/mol. The molecule has 1 heterocycles. The van der Waals surface area contributed by atoms with Crippen LogP contribution >= 0.6 is 13.5 Å². The number of methoxy groups -OCH3 is 1. The van der Waals surface area contributed by atoms with Gasteiger partial charge in [0, 0.05) is 32.1 Å². The molecule has 1 fully saturated rings. The molecule has 1 saturated heterocycles. The number of hydrogen-bond donors (Lipinski definition) is 2. The summed E-state index contributed by atoms with van der Waals surface area (Å²) in [5.74, 6) is -0.204. The molecule has 0 aromatic heterocycles. The lowest BCUT2D eigenvalue weighted by molar-refractivity contribution is -0.155. The van der Waals surface area contributed by atoms with Gasteiger partial charge in [-0.2, -0.15) is 13.5 Å². The average Bonchev–Trinajstić information content (AvgIpc) is 3.12. The number of esters is 1. The second-order valence-corrected chi connectivity index (χ2v) is 14.4. The number of amides is 3. The third kappa shape index (κ3) is 9.52. The van der Waals surface area contributed by atoms with Crippen LogP contribution in [-0.2, 0) is 24.5 Å². The predicted molar refractivity (Wildman–Crippen MR) is 203 cm³/mol. The average molecular weight is 716 g/mol. The lowest BCUT2D eigenvalue weighted by Crippen LogP contribution is -2.51. The van der Waals surface area contributed by atoms with E-state index >= 15 is 0 Å². The van der Waals surface area contributed by atoms with Crippen LogP contribution in [0.15, 0.2) is 78.9 Å². The maximum Gasteiger partial charge on any atom is 0.306 e. The molecule has 51 heavy (non-hydrogen) atoms. The van der Waals surface area contributed by atoms with Gasteiger partial charge in [-0.1, -0.05) is 73.2 Å². The van der Waals surface area contributed by atoms with Crippen LogP contribution in [0.4, 0.5) is 0 Å². The summed E-state index contributed by atoms with van der Waals surface area (Å²) in [5, 5.41) is 6.34. The van der Waals surface area contributed by atoms with Crippen LogP contribution in [0.25, 0.3) is 0 Å². The maximum atomic E-state index is 14.3. The number of ether oxygens (including phenoxy) is 2. The van der Waals surface area contributed by atoms with Crippen molar-refractivity contribution in [2.45, 2.75) is 95.1 Å². The van der Waals surface area contributed by atoms with Gasteiger partial charge in [0.05, 0.1) is 24.0 Å². The molecule has 0 unspecified atom stereocenters. The van der Waals surface area contributed by atoms with Crippen molar-refractivity contribution in [3.63, 3.8) is 0 Å². The zero-order chi connectivity index (χ0) is 35.7. The lowest BCUT2D eigenvalue weighted by Gasteiger charge is -2.42. The summed E-state index contributed by atoms with van der Waals surface area (Å²) in [7, 11) is 1.55. The topological polar surface area (TPSA) is 114 Å². The van der Waals surface area contributed by atoms with Crippen molar-refractivity contribution >= 4 is 37.2 Å². The lowest BCUT2D eigenvalue weighted by atomic mass is 9.62. The number of nitrogens with zero attached hydrogens (tertiary/aromatic N) is 1. The van der Waals surface area contributed by atoms with Gasteiger partial charge in [-0.3, -0.25) is 19.2 Å². The fourth-order valence-electron chi connectivity index (χ4n) is 7.36. The molecule has 2 N–H and O–H groups in total. The van der Waals surface area contributed by atoms with Crippen molar-refractivity contribution < 1.29 is 28.7 Å². The Morgan fingerprint density at radius 2 is 1.51 bits per heavy atom. The number of unbranched alkanes of at least 4 members (excludes halogenated alkanes) is 2. The Morgan fingerprint density at radius 3 is 2.22 bits per heavy atom. The first-order valence-electron chi connectivity index (χ1n) is 17.9. The number of rotatable bonds is 12. The number of benzene rings is 3. The summed E-state index contributed by atoms with van der Waals surface area (Å²) in [6, 6.07) is 24.9. The standard InChI is InChI=1S/C41H51N3O6.H2S/c1-40(2,3)50-36(45)21-9-6-14-26-42-39(48)41(29-15-7-5-8-16-29)25-22-32(31-17-10-12-19-34(31)41)38(47)44-27-23-30(24-28-44)43-37(46)33-18-11-13-20-35(33)49-4;/h5,7-8,10-13,15-20,30,32H,6,9,14,21-28H2,1-4H3,(H,42,48)(H,43,46);1H2/t32-,41+;/m0./s1. The van der Waals surface area contributed by atoms with Crippen LogP contribution in [0, 0.1) is 0 Å². The second kappa shape index (κ2) is 17.8. The summed E-state index contributed by atoms with van der Waals surface area (Å²) >= 11 is 0. The Bertz CT molecular complexity index is 1650. The van der Waals surface area contributed by atoms with Crippen LogP contribution < -0.4 is 15.4 Å². The molecule has 3 aromatic rings. The van der Waals surface area contributed by atoms with E-state index in [1.807, 2.05) is 92.4 Å². The molecule has 1 aliphatic heterocycles. The van der Waals surface area contributed by atoms with E-state index in [2.05, 4.69) is 10.6 Å². The van der Waals surface area contributed by atoms with Crippen LogP contribution in [0.2, 0.25) is 0 Å². The van der Waals surface area contributed by atoms with Crippen molar-refractivity contribution in [3.05, 3.63) is 101 Å². The Labute approximate surface area is 309 Å². The second-order valence-electron chi connectivity index (χ2n) is 14.4. The number of likely N-dealkylation sites (tertiary alicyclic amines) is 1. The number of fused-ring (bicyclic) bond motifs is 1. The molecule has 0 bridgehead atoms. The van der Waals surface area contributed by atoms with E-state index in [-0.39, 0.29) is 49.1 Å². The molecular formula is C41H53N3O6S. The van der Waals surface area contributed by atoms with Crippen molar-refractivity contribution in [3.8, 4) is 5.75 Å². The number of nitrogens with one attached hydrogen (secondary N) is 2.